The summed E-state index contributed by atoms with van der Waals surface area (Å²) in [6.07, 6.45) is 0.583. The molecule has 4 atom stereocenters. The first-order chi connectivity index (χ1) is 19.3. The van der Waals surface area contributed by atoms with Crippen LogP contribution in [-0.4, -0.2) is 42.1 Å². The standard InChI is InChI=1S/C31H31Cl2N3O5/c1-30(2,3)15-24-31(20-10-9-19(33)14-22(20)35-29(31)40)25(16-6-5-7-18(32)12-16)26(36-24)27(37)34-21-11-8-17(28(38)39)13-23(21)41-4/h5-14,24-26,36H,15H2,1-4H3,(H,34,37)(H,35,40)(H,38,39). The van der Waals surface area contributed by atoms with Crippen LogP contribution in [0.25, 0.3) is 0 Å². The molecule has 3 aromatic rings. The average Bonchev–Trinajstić information content (AvgIpc) is 3.37. The largest absolute Gasteiger partial charge is 0.495 e. The van der Waals surface area contributed by atoms with Gasteiger partial charge in [0.05, 0.1) is 24.4 Å². The van der Waals surface area contributed by atoms with E-state index in [1.54, 1.807) is 30.3 Å². The Kier molecular flexibility index (Phi) is 7.53. The van der Waals surface area contributed by atoms with E-state index in [0.29, 0.717) is 27.8 Å². The molecular formula is C31H31Cl2N3O5. The second-order valence-corrected chi connectivity index (χ2v) is 12.6. The Bertz CT molecular complexity index is 1550. The van der Waals surface area contributed by atoms with Crippen molar-refractivity contribution < 1.29 is 24.2 Å². The van der Waals surface area contributed by atoms with Crippen molar-refractivity contribution in [1.82, 2.24) is 5.32 Å². The van der Waals surface area contributed by atoms with E-state index in [2.05, 4.69) is 36.7 Å². The summed E-state index contributed by atoms with van der Waals surface area (Å²) in [6.45, 7) is 6.28. The highest BCUT2D eigenvalue weighted by atomic mass is 35.5. The van der Waals surface area contributed by atoms with Crippen LogP contribution in [-0.2, 0) is 15.0 Å². The molecule has 0 saturated carbocycles. The molecule has 0 bridgehead atoms. The van der Waals surface area contributed by atoms with Gasteiger partial charge in [0.25, 0.3) is 0 Å². The molecule has 0 aromatic heterocycles. The summed E-state index contributed by atoms with van der Waals surface area (Å²) < 4.78 is 5.39. The third-order valence-electron chi connectivity index (χ3n) is 7.82. The first kappa shape index (κ1) is 28.9. The normalized spacial score (nSPS) is 23.3. The van der Waals surface area contributed by atoms with Crippen LogP contribution in [0.4, 0.5) is 11.4 Å². The van der Waals surface area contributed by atoms with Crippen LogP contribution in [0.5, 0.6) is 5.75 Å². The van der Waals surface area contributed by atoms with Gasteiger partial charge in [-0.2, -0.15) is 0 Å². The van der Waals surface area contributed by atoms with Gasteiger partial charge < -0.3 is 25.8 Å². The van der Waals surface area contributed by atoms with Gasteiger partial charge in [-0.15, -0.1) is 0 Å². The van der Waals surface area contributed by atoms with Crippen LogP contribution in [0.15, 0.2) is 60.7 Å². The lowest BCUT2D eigenvalue weighted by Crippen LogP contribution is -2.49. The maximum Gasteiger partial charge on any atom is 0.335 e. The van der Waals surface area contributed by atoms with Crippen LogP contribution >= 0.6 is 23.2 Å². The fourth-order valence-corrected chi connectivity index (χ4v) is 6.63. The zero-order valence-corrected chi connectivity index (χ0v) is 24.6. The number of hydrogen-bond donors (Lipinski definition) is 4. The molecule has 2 heterocycles. The minimum absolute atomic E-state index is 0.0257. The summed E-state index contributed by atoms with van der Waals surface area (Å²) in [7, 11) is 1.40. The van der Waals surface area contributed by atoms with Gasteiger partial charge in [0.2, 0.25) is 11.8 Å². The lowest BCUT2D eigenvalue weighted by Gasteiger charge is -2.37. The molecule has 214 valence electrons. The number of anilines is 2. The molecule has 5 rings (SSSR count). The minimum Gasteiger partial charge on any atom is -0.495 e. The van der Waals surface area contributed by atoms with Crippen LogP contribution in [0.2, 0.25) is 10.0 Å². The maximum absolute atomic E-state index is 14.2. The van der Waals surface area contributed by atoms with E-state index in [-0.39, 0.29) is 22.6 Å². The predicted octanol–water partition coefficient (Wildman–Crippen LogP) is 6.09. The number of nitrogens with one attached hydrogen (secondary N) is 3. The number of carbonyl (C=O) groups excluding carboxylic acids is 2. The molecule has 1 saturated heterocycles. The summed E-state index contributed by atoms with van der Waals surface area (Å²) in [5.41, 5.74) is 1.09. The maximum atomic E-state index is 14.2. The van der Waals surface area contributed by atoms with Crippen LogP contribution in [0.3, 0.4) is 0 Å². The Labute approximate surface area is 248 Å². The Morgan fingerprint density at radius 3 is 2.44 bits per heavy atom. The molecule has 8 nitrogen and oxygen atoms in total. The van der Waals surface area contributed by atoms with Crippen LogP contribution in [0, 0.1) is 5.41 Å². The van der Waals surface area contributed by atoms with Crippen molar-refractivity contribution in [3.63, 3.8) is 0 Å². The molecular weight excluding hydrogens is 565 g/mol. The second kappa shape index (κ2) is 10.7. The highest BCUT2D eigenvalue weighted by molar-refractivity contribution is 6.31. The Hall–Kier alpha value is -3.59. The molecule has 4 unspecified atom stereocenters. The summed E-state index contributed by atoms with van der Waals surface area (Å²) in [5.74, 6) is -2.18. The first-order valence-corrected chi connectivity index (χ1v) is 14.0. The molecule has 3 aromatic carbocycles. The fraction of sp³-hybridized carbons (Fsp3) is 0.323. The van der Waals surface area contributed by atoms with E-state index in [4.69, 9.17) is 27.9 Å². The Balaban J connectivity index is 1.67. The average molecular weight is 597 g/mol. The molecule has 10 heteroatoms. The predicted molar refractivity (Wildman–Crippen MR) is 159 cm³/mol. The quantitative estimate of drug-likeness (QED) is 0.274. The third kappa shape index (κ3) is 5.16. The van der Waals surface area contributed by atoms with Gasteiger partial charge in [-0.3, -0.25) is 9.59 Å². The summed E-state index contributed by atoms with van der Waals surface area (Å²) in [6, 6.07) is 15.5. The number of halogens is 2. The number of ether oxygens (including phenoxy) is 1. The van der Waals surface area contributed by atoms with E-state index < -0.39 is 35.3 Å². The third-order valence-corrected chi connectivity index (χ3v) is 8.29. The van der Waals surface area contributed by atoms with Gasteiger partial charge >= 0.3 is 5.97 Å². The van der Waals surface area contributed by atoms with Crippen molar-refractivity contribution in [2.24, 2.45) is 5.41 Å². The van der Waals surface area contributed by atoms with E-state index in [9.17, 15) is 19.5 Å². The summed E-state index contributed by atoms with van der Waals surface area (Å²) in [4.78, 5) is 39.9. The van der Waals surface area contributed by atoms with Crippen molar-refractivity contribution in [1.29, 1.82) is 0 Å². The summed E-state index contributed by atoms with van der Waals surface area (Å²) >= 11 is 12.8. The first-order valence-electron chi connectivity index (χ1n) is 13.2. The number of carbonyl (C=O) groups is 3. The monoisotopic (exact) mass is 595 g/mol. The lowest BCUT2D eigenvalue weighted by atomic mass is 9.62. The van der Waals surface area contributed by atoms with E-state index in [1.807, 2.05) is 12.1 Å². The van der Waals surface area contributed by atoms with Gasteiger partial charge in [0, 0.05) is 27.7 Å². The molecule has 1 spiro atoms. The number of carboxylic acid groups (broad SMARTS) is 1. The number of hydrogen-bond acceptors (Lipinski definition) is 5. The number of aromatic carboxylic acids is 1. The summed E-state index contributed by atoms with van der Waals surface area (Å²) in [5, 5.41) is 19.9. The van der Waals surface area contributed by atoms with Gasteiger partial charge in [-0.1, -0.05) is 62.2 Å². The van der Waals surface area contributed by atoms with Gasteiger partial charge in [0.15, 0.2) is 0 Å². The molecule has 41 heavy (non-hydrogen) atoms. The zero-order valence-electron chi connectivity index (χ0n) is 23.0. The number of carboxylic acids is 1. The minimum atomic E-state index is -1.16. The van der Waals surface area contributed by atoms with Crippen LogP contribution < -0.4 is 20.7 Å². The van der Waals surface area contributed by atoms with E-state index in [0.717, 1.165) is 11.1 Å². The number of amides is 2. The van der Waals surface area contributed by atoms with Gasteiger partial charge in [-0.05, 0) is 65.4 Å². The molecule has 1 fully saturated rings. The highest BCUT2D eigenvalue weighted by Gasteiger charge is 2.65. The number of methoxy groups -OCH3 is 1. The molecule has 0 radical (unpaired) electrons. The number of rotatable bonds is 6. The fourth-order valence-electron chi connectivity index (χ4n) is 6.26. The molecule has 0 aliphatic carbocycles. The van der Waals surface area contributed by atoms with Gasteiger partial charge in [0.1, 0.15) is 11.2 Å². The second-order valence-electron chi connectivity index (χ2n) is 11.7. The van der Waals surface area contributed by atoms with Gasteiger partial charge in [-0.25, -0.2) is 4.79 Å². The molecule has 2 amide bonds. The van der Waals surface area contributed by atoms with E-state index in [1.165, 1.54) is 25.3 Å². The Morgan fingerprint density at radius 1 is 1.05 bits per heavy atom. The topological polar surface area (TPSA) is 117 Å². The molecule has 2 aliphatic rings. The van der Waals surface area contributed by atoms with Crippen molar-refractivity contribution in [3.8, 4) is 5.75 Å². The zero-order chi connectivity index (χ0) is 29.7. The number of fused-ring (bicyclic) bond motifs is 2. The number of benzene rings is 3. The Morgan fingerprint density at radius 2 is 1.78 bits per heavy atom. The van der Waals surface area contributed by atoms with Crippen molar-refractivity contribution in [3.05, 3.63) is 87.4 Å². The lowest BCUT2D eigenvalue weighted by molar-refractivity contribution is -0.122. The smallest absolute Gasteiger partial charge is 0.335 e. The van der Waals surface area contributed by atoms with Crippen molar-refractivity contribution in [2.75, 3.05) is 17.7 Å². The van der Waals surface area contributed by atoms with Crippen molar-refractivity contribution >= 4 is 52.4 Å². The highest BCUT2D eigenvalue weighted by Crippen LogP contribution is 2.56. The van der Waals surface area contributed by atoms with E-state index >= 15 is 0 Å². The SMILES string of the molecule is COc1cc(C(=O)O)ccc1NC(=O)C1NC(CC(C)(C)C)C2(C(=O)Nc3cc(Cl)ccc32)C1c1cccc(Cl)c1. The van der Waals surface area contributed by atoms with Crippen LogP contribution in [0.1, 0.15) is 54.6 Å². The molecule has 2 aliphatic heterocycles. The molecule has 4 N–H and O–H groups in total. The van der Waals surface area contributed by atoms with Crippen molar-refractivity contribution in [2.45, 2.75) is 50.6 Å².